The first kappa shape index (κ1) is 21.0. The van der Waals surface area contributed by atoms with Crippen molar-refractivity contribution in [3.8, 4) is 16.3 Å². The van der Waals surface area contributed by atoms with E-state index in [1.54, 1.807) is 12.0 Å². The van der Waals surface area contributed by atoms with E-state index in [9.17, 15) is 9.59 Å². The van der Waals surface area contributed by atoms with E-state index in [1.807, 2.05) is 48.5 Å². The van der Waals surface area contributed by atoms with Crippen LogP contribution >= 0.6 is 11.3 Å². The van der Waals surface area contributed by atoms with Crippen LogP contribution in [0.3, 0.4) is 0 Å². The second-order valence-corrected chi connectivity index (χ2v) is 8.32. The van der Waals surface area contributed by atoms with E-state index < -0.39 is 6.04 Å². The molecule has 3 aromatic rings. The number of hydrogen-bond acceptors (Lipinski definition) is 6. The molecule has 1 saturated heterocycles. The predicted octanol–water partition coefficient (Wildman–Crippen LogP) is 4.02. The fourth-order valence-corrected chi connectivity index (χ4v) is 4.41. The Labute approximate surface area is 185 Å². The molecule has 2 heterocycles. The van der Waals surface area contributed by atoms with Gasteiger partial charge in [-0.3, -0.25) is 14.9 Å². The Morgan fingerprint density at radius 2 is 2.00 bits per heavy atom. The van der Waals surface area contributed by atoms with Crippen LogP contribution in [-0.4, -0.2) is 46.6 Å². The van der Waals surface area contributed by atoms with Gasteiger partial charge in [-0.1, -0.05) is 42.5 Å². The SMILES string of the molecule is CCc1ccc(C(=O)N2CCCC2C(=O)Nc2nnc(-c3cccc(OC)c3)s2)cc1. The maximum Gasteiger partial charge on any atom is 0.254 e. The smallest absolute Gasteiger partial charge is 0.254 e. The van der Waals surface area contributed by atoms with E-state index >= 15 is 0 Å². The number of aromatic nitrogens is 2. The van der Waals surface area contributed by atoms with Crippen molar-refractivity contribution in [2.75, 3.05) is 19.0 Å². The summed E-state index contributed by atoms with van der Waals surface area (Å²) in [4.78, 5) is 27.5. The molecule has 0 radical (unpaired) electrons. The van der Waals surface area contributed by atoms with Gasteiger partial charge in [-0.15, -0.1) is 10.2 Å². The van der Waals surface area contributed by atoms with Crippen LogP contribution in [0.2, 0.25) is 0 Å². The fraction of sp³-hybridized carbons (Fsp3) is 0.304. The summed E-state index contributed by atoms with van der Waals surface area (Å²) in [5.74, 6) is 0.379. The largest absolute Gasteiger partial charge is 0.497 e. The van der Waals surface area contributed by atoms with Gasteiger partial charge in [-0.25, -0.2) is 0 Å². The summed E-state index contributed by atoms with van der Waals surface area (Å²) in [6.45, 7) is 2.64. The Kier molecular flexibility index (Phi) is 6.27. The average Bonchev–Trinajstić information content (AvgIpc) is 3.48. The van der Waals surface area contributed by atoms with Crippen LogP contribution in [-0.2, 0) is 11.2 Å². The van der Waals surface area contributed by atoms with Gasteiger partial charge in [-0.2, -0.15) is 0 Å². The molecule has 1 unspecified atom stereocenters. The highest BCUT2D eigenvalue weighted by atomic mass is 32.1. The quantitative estimate of drug-likeness (QED) is 0.631. The Morgan fingerprint density at radius 3 is 2.74 bits per heavy atom. The van der Waals surface area contributed by atoms with Crippen molar-refractivity contribution >= 4 is 28.3 Å². The minimum atomic E-state index is -0.512. The van der Waals surface area contributed by atoms with Gasteiger partial charge >= 0.3 is 0 Å². The van der Waals surface area contributed by atoms with Crippen LogP contribution < -0.4 is 10.1 Å². The zero-order valence-electron chi connectivity index (χ0n) is 17.5. The molecular formula is C23H24N4O3S. The van der Waals surface area contributed by atoms with Crippen molar-refractivity contribution < 1.29 is 14.3 Å². The summed E-state index contributed by atoms with van der Waals surface area (Å²) < 4.78 is 5.25. The average molecular weight is 437 g/mol. The van der Waals surface area contributed by atoms with Gasteiger partial charge < -0.3 is 9.64 Å². The van der Waals surface area contributed by atoms with Gasteiger partial charge in [0.2, 0.25) is 11.0 Å². The lowest BCUT2D eigenvalue weighted by atomic mass is 10.1. The van der Waals surface area contributed by atoms with E-state index in [2.05, 4.69) is 22.4 Å². The van der Waals surface area contributed by atoms with E-state index in [0.29, 0.717) is 28.7 Å². The molecule has 1 aliphatic rings. The Morgan fingerprint density at radius 1 is 1.19 bits per heavy atom. The summed E-state index contributed by atoms with van der Waals surface area (Å²) in [6.07, 6.45) is 2.34. The zero-order valence-corrected chi connectivity index (χ0v) is 18.3. The molecule has 1 N–H and O–H groups in total. The molecule has 2 aromatic carbocycles. The number of ether oxygens (including phenoxy) is 1. The van der Waals surface area contributed by atoms with Crippen LogP contribution in [0, 0.1) is 0 Å². The number of aryl methyl sites for hydroxylation is 1. The molecule has 8 heteroatoms. The van der Waals surface area contributed by atoms with Crippen molar-refractivity contribution in [2.24, 2.45) is 0 Å². The number of hydrogen-bond donors (Lipinski definition) is 1. The molecule has 1 aliphatic heterocycles. The lowest BCUT2D eigenvalue weighted by Crippen LogP contribution is -2.43. The molecule has 1 atom stereocenters. The first-order chi connectivity index (χ1) is 15.1. The summed E-state index contributed by atoms with van der Waals surface area (Å²) >= 11 is 1.29. The van der Waals surface area contributed by atoms with E-state index in [0.717, 1.165) is 24.2 Å². The predicted molar refractivity (Wildman–Crippen MR) is 120 cm³/mol. The normalized spacial score (nSPS) is 15.7. The zero-order chi connectivity index (χ0) is 21.8. The molecule has 2 amide bonds. The van der Waals surface area contributed by atoms with Gasteiger partial charge in [0.1, 0.15) is 16.8 Å². The number of benzene rings is 2. The third kappa shape index (κ3) is 4.59. The summed E-state index contributed by atoms with van der Waals surface area (Å²) in [5.41, 5.74) is 2.65. The number of amides is 2. The molecule has 160 valence electrons. The van der Waals surface area contributed by atoms with E-state index in [1.165, 1.54) is 16.9 Å². The van der Waals surface area contributed by atoms with Crippen molar-refractivity contribution in [1.82, 2.24) is 15.1 Å². The molecular weight excluding hydrogens is 412 g/mol. The molecule has 0 saturated carbocycles. The molecule has 0 aliphatic carbocycles. The number of carbonyl (C=O) groups is 2. The van der Waals surface area contributed by atoms with Crippen molar-refractivity contribution in [1.29, 1.82) is 0 Å². The number of rotatable bonds is 6. The summed E-state index contributed by atoms with van der Waals surface area (Å²) in [7, 11) is 1.61. The highest BCUT2D eigenvalue weighted by molar-refractivity contribution is 7.18. The van der Waals surface area contributed by atoms with Crippen LogP contribution in [0.1, 0.15) is 35.7 Å². The van der Waals surface area contributed by atoms with E-state index in [4.69, 9.17) is 4.74 Å². The van der Waals surface area contributed by atoms with Gasteiger partial charge in [0.05, 0.1) is 7.11 Å². The monoisotopic (exact) mass is 436 g/mol. The number of anilines is 1. The molecule has 7 nitrogen and oxygen atoms in total. The fourth-order valence-electron chi connectivity index (χ4n) is 3.67. The molecule has 31 heavy (non-hydrogen) atoms. The Hall–Kier alpha value is -3.26. The molecule has 0 spiro atoms. The highest BCUT2D eigenvalue weighted by Crippen LogP contribution is 2.29. The number of likely N-dealkylation sites (tertiary alicyclic amines) is 1. The highest BCUT2D eigenvalue weighted by Gasteiger charge is 2.35. The van der Waals surface area contributed by atoms with Gasteiger partial charge in [0.25, 0.3) is 5.91 Å². The van der Waals surface area contributed by atoms with Crippen LogP contribution in [0.5, 0.6) is 5.75 Å². The van der Waals surface area contributed by atoms with Crippen LogP contribution in [0.25, 0.3) is 10.6 Å². The Balaban J connectivity index is 1.45. The minimum Gasteiger partial charge on any atom is -0.497 e. The summed E-state index contributed by atoms with van der Waals surface area (Å²) in [5, 5.41) is 12.2. The topological polar surface area (TPSA) is 84.4 Å². The maximum absolute atomic E-state index is 13.0. The molecule has 1 aromatic heterocycles. The van der Waals surface area contributed by atoms with Crippen molar-refractivity contribution in [3.05, 3.63) is 59.7 Å². The van der Waals surface area contributed by atoms with Gasteiger partial charge in [0.15, 0.2) is 0 Å². The van der Waals surface area contributed by atoms with Crippen LogP contribution in [0.15, 0.2) is 48.5 Å². The van der Waals surface area contributed by atoms with Gasteiger partial charge in [0, 0.05) is 17.7 Å². The molecule has 4 rings (SSSR count). The third-order valence-electron chi connectivity index (χ3n) is 5.40. The molecule has 0 bridgehead atoms. The number of nitrogens with zero attached hydrogens (tertiary/aromatic N) is 3. The van der Waals surface area contributed by atoms with E-state index in [-0.39, 0.29) is 11.8 Å². The summed E-state index contributed by atoms with van der Waals surface area (Å²) in [6, 6.07) is 14.6. The first-order valence-electron chi connectivity index (χ1n) is 10.3. The van der Waals surface area contributed by atoms with Crippen molar-refractivity contribution in [3.63, 3.8) is 0 Å². The lowest BCUT2D eigenvalue weighted by Gasteiger charge is -2.23. The van der Waals surface area contributed by atoms with Crippen LogP contribution in [0.4, 0.5) is 5.13 Å². The number of methoxy groups -OCH3 is 1. The Bertz CT molecular complexity index is 1080. The standard InChI is InChI=1S/C23H24N4O3S/c1-3-15-9-11-16(12-10-15)22(29)27-13-5-8-19(27)20(28)24-23-26-25-21(31-23)17-6-4-7-18(14-17)30-2/h4,6-7,9-12,14,19H,3,5,8,13H2,1-2H3,(H,24,26,28). The third-order valence-corrected chi connectivity index (χ3v) is 6.29. The maximum atomic E-state index is 13.0. The van der Waals surface area contributed by atoms with Crippen molar-refractivity contribution in [2.45, 2.75) is 32.2 Å². The molecule has 1 fully saturated rings. The minimum absolute atomic E-state index is 0.116. The first-order valence-corrected chi connectivity index (χ1v) is 11.1. The second kappa shape index (κ2) is 9.26. The second-order valence-electron chi connectivity index (χ2n) is 7.34. The lowest BCUT2D eigenvalue weighted by molar-refractivity contribution is -0.119. The number of nitrogens with one attached hydrogen (secondary N) is 1. The van der Waals surface area contributed by atoms with Gasteiger partial charge in [-0.05, 0) is 49.1 Å². The number of carbonyl (C=O) groups excluding carboxylic acids is 2.